The van der Waals surface area contributed by atoms with Gasteiger partial charge in [0.2, 0.25) is 0 Å². The number of anilines is 2. The zero-order valence-electron chi connectivity index (χ0n) is 12.8. The van der Waals surface area contributed by atoms with Gasteiger partial charge in [0.05, 0.1) is 0 Å². The second-order valence-corrected chi connectivity index (χ2v) is 5.98. The summed E-state index contributed by atoms with van der Waals surface area (Å²) in [5, 5.41) is 6.13. The van der Waals surface area contributed by atoms with Crippen LogP contribution in [0.25, 0.3) is 0 Å². The molecule has 0 atom stereocenters. The third-order valence-corrected chi connectivity index (χ3v) is 4.16. The smallest absolute Gasteiger partial charge is 0.251 e. The van der Waals surface area contributed by atoms with E-state index in [-0.39, 0.29) is 5.91 Å². The fourth-order valence-electron chi connectivity index (χ4n) is 1.99. The number of pyridine rings is 1. The van der Waals surface area contributed by atoms with Crippen molar-refractivity contribution in [2.24, 2.45) is 0 Å². The largest absolute Gasteiger partial charge is 0.352 e. The van der Waals surface area contributed by atoms with Gasteiger partial charge in [-0.15, -0.1) is 0 Å². The van der Waals surface area contributed by atoms with Crippen LogP contribution in [0.4, 0.5) is 11.5 Å². The molecule has 0 spiro atoms. The van der Waals surface area contributed by atoms with Gasteiger partial charge in [0.15, 0.2) is 0 Å². The van der Waals surface area contributed by atoms with Crippen molar-refractivity contribution in [1.82, 2.24) is 10.3 Å². The van der Waals surface area contributed by atoms with E-state index < -0.39 is 0 Å². The minimum atomic E-state index is -0.0640. The molecule has 0 unspecified atom stereocenters. The third kappa shape index (κ3) is 4.56. The molecule has 0 radical (unpaired) electrons. The lowest BCUT2D eigenvalue weighted by molar-refractivity contribution is 0.0953. The van der Waals surface area contributed by atoms with Gasteiger partial charge in [-0.2, -0.15) is 0 Å². The van der Waals surface area contributed by atoms with E-state index >= 15 is 0 Å². The highest BCUT2D eigenvalue weighted by molar-refractivity contribution is 9.10. The van der Waals surface area contributed by atoms with Crippen molar-refractivity contribution in [2.45, 2.75) is 26.7 Å². The molecule has 5 heteroatoms. The first-order chi connectivity index (χ1) is 10.6. The highest BCUT2D eigenvalue weighted by Crippen LogP contribution is 2.22. The van der Waals surface area contributed by atoms with Gasteiger partial charge in [0.1, 0.15) is 5.82 Å². The number of nitrogens with zero attached hydrogens (tertiary/aromatic N) is 1. The number of hydrogen-bond acceptors (Lipinski definition) is 3. The maximum atomic E-state index is 12.1. The Bertz CT molecular complexity index is 658. The topological polar surface area (TPSA) is 54.0 Å². The van der Waals surface area contributed by atoms with Crippen LogP contribution in [0.5, 0.6) is 0 Å². The Morgan fingerprint density at radius 1 is 1.27 bits per heavy atom. The van der Waals surface area contributed by atoms with Crippen LogP contribution in [0.2, 0.25) is 0 Å². The standard InChI is InChI=1S/C17H20BrN3O/c1-3-4-8-20-17(22)13-7-9-19-16(11-13)21-14-5-6-15(18)12(2)10-14/h5-7,9-11H,3-4,8H2,1-2H3,(H,19,21)(H,20,22). The lowest BCUT2D eigenvalue weighted by atomic mass is 10.2. The summed E-state index contributed by atoms with van der Waals surface area (Å²) in [6.45, 7) is 4.83. The van der Waals surface area contributed by atoms with Crippen molar-refractivity contribution in [3.05, 3.63) is 52.1 Å². The average molecular weight is 362 g/mol. The molecule has 1 aromatic heterocycles. The highest BCUT2D eigenvalue weighted by Gasteiger charge is 2.06. The number of benzene rings is 1. The first kappa shape index (κ1) is 16.5. The molecule has 1 amide bonds. The summed E-state index contributed by atoms with van der Waals surface area (Å²) in [6, 6.07) is 9.46. The van der Waals surface area contributed by atoms with Gasteiger partial charge in [-0.3, -0.25) is 4.79 Å². The Morgan fingerprint density at radius 3 is 2.82 bits per heavy atom. The van der Waals surface area contributed by atoms with E-state index in [0.717, 1.165) is 28.6 Å². The van der Waals surface area contributed by atoms with Crippen molar-refractivity contribution in [1.29, 1.82) is 0 Å². The zero-order valence-corrected chi connectivity index (χ0v) is 14.4. The predicted octanol–water partition coefficient (Wildman–Crippen LogP) is 4.43. The second kappa shape index (κ2) is 7.94. The van der Waals surface area contributed by atoms with Gasteiger partial charge in [-0.25, -0.2) is 4.98 Å². The van der Waals surface area contributed by atoms with Crippen molar-refractivity contribution in [3.63, 3.8) is 0 Å². The first-order valence-corrected chi connectivity index (χ1v) is 8.17. The number of halogens is 1. The van der Waals surface area contributed by atoms with Crippen molar-refractivity contribution >= 4 is 33.3 Å². The number of rotatable bonds is 6. The molecule has 0 aliphatic carbocycles. The van der Waals surface area contributed by atoms with Crippen LogP contribution in [0.15, 0.2) is 41.0 Å². The maximum absolute atomic E-state index is 12.1. The number of carbonyl (C=O) groups excluding carboxylic acids is 1. The normalized spacial score (nSPS) is 10.3. The number of nitrogens with one attached hydrogen (secondary N) is 2. The van der Waals surface area contributed by atoms with E-state index in [0.29, 0.717) is 17.9 Å². The monoisotopic (exact) mass is 361 g/mol. The van der Waals surface area contributed by atoms with Gasteiger partial charge >= 0.3 is 0 Å². The molecule has 0 fully saturated rings. The first-order valence-electron chi connectivity index (χ1n) is 7.37. The number of unbranched alkanes of at least 4 members (excludes halogenated alkanes) is 1. The molecule has 2 N–H and O–H groups in total. The summed E-state index contributed by atoms with van der Waals surface area (Å²) in [7, 11) is 0. The van der Waals surface area contributed by atoms with E-state index in [1.54, 1.807) is 18.3 Å². The van der Waals surface area contributed by atoms with Gasteiger partial charge in [0, 0.05) is 28.5 Å². The fourth-order valence-corrected chi connectivity index (χ4v) is 2.24. The Balaban J connectivity index is 2.07. The Labute approximate surface area is 139 Å². The summed E-state index contributed by atoms with van der Waals surface area (Å²) >= 11 is 3.48. The van der Waals surface area contributed by atoms with Crippen LogP contribution in [0.1, 0.15) is 35.7 Å². The molecule has 22 heavy (non-hydrogen) atoms. The molecular weight excluding hydrogens is 342 g/mol. The molecule has 1 aromatic carbocycles. The van der Waals surface area contributed by atoms with Gasteiger partial charge in [-0.1, -0.05) is 29.3 Å². The highest BCUT2D eigenvalue weighted by atomic mass is 79.9. The van der Waals surface area contributed by atoms with Gasteiger partial charge in [-0.05, 0) is 49.2 Å². The quantitative estimate of drug-likeness (QED) is 0.748. The van der Waals surface area contributed by atoms with Crippen LogP contribution in [0.3, 0.4) is 0 Å². The van der Waals surface area contributed by atoms with E-state index in [4.69, 9.17) is 0 Å². The molecule has 0 aliphatic rings. The number of amides is 1. The van der Waals surface area contributed by atoms with Crippen LogP contribution >= 0.6 is 15.9 Å². The van der Waals surface area contributed by atoms with E-state index in [9.17, 15) is 4.79 Å². The number of hydrogen-bond donors (Lipinski definition) is 2. The molecule has 1 heterocycles. The second-order valence-electron chi connectivity index (χ2n) is 5.13. The SMILES string of the molecule is CCCCNC(=O)c1ccnc(Nc2ccc(Br)c(C)c2)c1. The van der Waals surface area contributed by atoms with Crippen molar-refractivity contribution in [2.75, 3.05) is 11.9 Å². The molecule has 4 nitrogen and oxygen atoms in total. The van der Waals surface area contributed by atoms with Crippen LogP contribution in [-0.2, 0) is 0 Å². The summed E-state index contributed by atoms with van der Waals surface area (Å²) in [5.74, 6) is 0.593. The van der Waals surface area contributed by atoms with Gasteiger partial charge in [0.25, 0.3) is 5.91 Å². The predicted molar refractivity (Wildman–Crippen MR) is 93.6 cm³/mol. The van der Waals surface area contributed by atoms with E-state index in [2.05, 4.69) is 38.5 Å². The number of carbonyl (C=O) groups is 1. The molecule has 0 saturated heterocycles. The molecule has 2 rings (SSSR count). The molecule has 0 saturated carbocycles. The fraction of sp³-hybridized carbons (Fsp3) is 0.294. The van der Waals surface area contributed by atoms with Crippen molar-refractivity contribution < 1.29 is 4.79 Å². The average Bonchev–Trinajstić information content (AvgIpc) is 2.51. The number of aryl methyl sites for hydroxylation is 1. The van der Waals surface area contributed by atoms with Crippen LogP contribution in [-0.4, -0.2) is 17.4 Å². The maximum Gasteiger partial charge on any atom is 0.251 e. The van der Waals surface area contributed by atoms with Crippen LogP contribution in [0, 0.1) is 6.92 Å². The number of aromatic nitrogens is 1. The van der Waals surface area contributed by atoms with E-state index in [1.165, 1.54) is 0 Å². The molecule has 0 bridgehead atoms. The Kier molecular flexibility index (Phi) is 5.95. The summed E-state index contributed by atoms with van der Waals surface area (Å²) in [5.41, 5.74) is 2.69. The lowest BCUT2D eigenvalue weighted by Gasteiger charge is -2.09. The molecule has 116 valence electrons. The summed E-state index contributed by atoms with van der Waals surface area (Å²) < 4.78 is 1.06. The molecular formula is C17H20BrN3O. The van der Waals surface area contributed by atoms with Gasteiger partial charge < -0.3 is 10.6 Å². The minimum Gasteiger partial charge on any atom is -0.352 e. The lowest BCUT2D eigenvalue weighted by Crippen LogP contribution is -2.24. The molecule has 0 aliphatic heterocycles. The van der Waals surface area contributed by atoms with Crippen LogP contribution < -0.4 is 10.6 Å². The summed E-state index contributed by atoms with van der Waals surface area (Å²) in [6.07, 6.45) is 3.69. The zero-order chi connectivity index (χ0) is 15.9. The van der Waals surface area contributed by atoms with Crippen molar-refractivity contribution in [3.8, 4) is 0 Å². The van der Waals surface area contributed by atoms with E-state index in [1.807, 2.05) is 25.1 Å². The third-order valence-electron chi connectivity index (χ3n) is 3.27. The minimum absolute atomic E-state index is 0.0640. The summed E-state index contributed by atoms with van der Waals surface area (Å²) in [4.78, 5) is 16.3. The molecule has 2 aromatic rings. The Hall–Kier alpha value is -1.88. The Morgan fingerprint density at radius 2 is 2.09 bits per heavy atom.